The second-order valence-electron chi connectivity index (χ2n) is 8.43. The van der Waals surface area contributed by atoms with Crippen molar-refractivity contribution in [3.63, 3.8) is 0 Å². The molecule has 5 rings (SSSR count). The van der Waals surface area contributed by atoms with Gasteiger partial charge in [-0.1, -0.05) is 30.2 Å². The van der Waals surface area contributed by atoms with E-state index in [1.165, 1.54) is 0 Å². The summed E-state index contributed by atoms with van der Waals surface area (Å²) in [6.45, 7) is 1.98. The number of amides is 1. The molecular formula is C22H25ClN4O2. The molecule has 2 aromatic rings. The molecule has 0 atom stereocenters. The Bertz CT molecular complexity index is 934. The molecule has 3 heterocycles. The summed E-state index contributed by atoms with van der Waals surface area (Å²) < 4.78 is 6.24. The first kappa shape index (κ1) is 18.8. The summed E-state index contributed by atoms with van der Waals surface area (Å²) in [4.78, 5) is 24.2. The van der Waals surface area contributed by atoms with Crippen LogP contribution in [0.15, 0.2) is 30.5 Å². The fraction of sp³-hybridized carbons (Fsp3) is 0.500. The van der Waals surface area contributed by atoms with E-state index in [2.05, 4.69) is 9.97 Å². The first-order valence-corrected chi connectivity index (χ1v) is 10.7. The molecule has 1 saturated heterocycles. The normalized spacial score (nSPS) is 22.0. The summed E-state index contributed by atoms with van der Waals surface area (Å²) in [5, 5.41) is 0.699. The van der Waals surface area contributed by atoms with Crippen molar-refractivity contribution in [1.82, 2.24) is 14.9 Å². The van der Waals surface area contributed by atoms with E-state index >= 15 is 0 Å². The Morgan fingerprint density at radius 3 is 2.52 bits per heavy atom. The highest BCUT2D eigenvalue weighted by molar-refractivity contribution is 6.30. The van der Waals surface area contributed by atoms with Gasteiger partial charge in [-0.05, 0) is 55.4 Å². The number of likely N-dealkylation sites (tertiary alicyclic amines) is 1. The lowest BCUT2D eigenvalue weighted by Gasteiger charge is -2.48. The van der Waals surface area contributed by atoms with E-state index in [9.17, 15) is 4.79 Å². The third kappa shape index (κ3) is 3.01. The van der Waals surface area contributed by atoms with Crippen LogP contribution in [0.1, 0.15) is 48.9 Å². The molecule has 152 valence electrons. The molecule has 6 nitrogen and oxygen atoms in total. The van der Waals surface area contributed by atoms with Crippen molar-refractivity contribution in [2.45, 2.75) is 49.5 Å². The Morgan fingerprint density at radius 1 is 1.14 bits per heavy atom. The van der Waals surface area contributed by atoms with Gasteiger partial charge in [0.05, 0.1) is 17.7 Å². The van der Waals surface area contributed by atoms with Crippen LogP contribution in [0.5, 0.6) is 0 Å². The van der Waals surface area contributed by atoms with Gasteiger partial charge in [0.25, 0.3) is 0 Å². The van der Waals surface area contributed by atoms with Crippen LogP contribution in [0.25, 0.3) is 0 Å². The lowest BCUT2D eigenvalue weighted by molar-refractivity contribution is -0.150. The van der Waals surface area contributed by atoms with E-state index in [1.54, 1.807) is 0 Å². The maximum atomic E-state index is 13.6. The molecule has 0 unspecified atom stereocenters. The molecule has 7 heteroatoms. The molecular weight excluding hydrogens is 388 g/mol. The van der Waals surface area contributed by atoms with E-state index in [1.807, 2.05) is 35.4 Å². The number of nitrogens with zero attached hydrogens (tertiary/aromatic N) is 3. The zero-order valence-corrected chi connectivity index (χ0v) is 17.1. The standard InChI is InChI=1S/C22H25ClN4O2/c23-17-4-2-16(3-5-17)21(7-1-8-21)19(28)27-11-9-22(10-12-27)18-15(6-13-29-22)14-25-20(24)26-18/h2-5,14H,1,6-13H2,(H2,24,25,26). The third-order valence-corrected chi connectivity index (χ3v) is 7.19. The SMILES string of the molecule is Nc1ncc2c(n1)C1(CCN(C(=O)C3(c4ccc(Cl)cc4)CCC3)CC1)OCC2. The molecule has 0 bridgehead atoms. The number of carbonyl (C=O) groups is 1. The second-order valence-corrected chi connectivity index (χ2v) is 8.87. The first-order valence-electron chi connectivity index (χ1n) is 10.3. The molecule has 0 radical (unpaired) electrons. The maximum absolute atomic E-state index is 13.6. The number of aromatic nitrogens is 2. The summed E-state index contributed by atoms with van der Waals surface area (Å²) in [7, 11) is 0. The molecule has 1 amide bonds. The molecule has 29 heavy (non-hydrogen) atoms. The van der Waals surface area contributed by atoms with Crippen LogP contribution in [0.3, 0.4) is 0 Å². The average Bonchev–Trinajstić information content (AvgIpc) is 2.70. The predicted octanol–water partition coefficient (Wildman–Crippen LogP) is 3.22. The van der Waals surface area contributed by atoms with Gasteiger partial charge >= 0.3 is 0 Å². The minimum Gasteiger partial charge on any atom is -0.368 e. The van der Waals surface area contributed by atoms with Gasteiger partial charge in [0.15, 0.2) is 0 Å². The van der Waals surface area contributed by atoms with E-state index in [0.29, 0.717) is 24.7 Å². The molecule has 1 saturated carbocycles. The topological polar surface area (TPSA) is 81.3 Å². The van der Waals surface area contributed by atoms with Gasteiger partial charge in [0.1, 0.15) is 5.60 Å². The van der Waals surface area contributed by atoms with Gasteiger partial charge in [-0.25, -0.2) is 9.97 Å². The number of rotatable bonds is 2. The number of carbonyl (C=O) groups excluding carboxylic acids is 1. The lowest BCUT2D eigenvalue weighted by atomic mass is 9.63. The van der Waals surface area contributed by atoms with Crippen LogP contribution in [0, 0.1) is 0 Å². The highest BCUT2D eigenvalue weighted by atomic mass is 35.5. The first-order chi connectivity index (χ1) is 14.0. The zero-order chi connectivity index (χ0) is 20.1. The number of piperidine rings is 1. The van der Waals surface area contributed by atoms with Gasteiger partial charge < -0.3 is 15.4 Å². The molecule has 1 aromatic carbocycles. The summed E-state index contributed by atoms with van der Waals surface area (Å²) in [5.41, 5.74) is 8.12. The fourth-order valence-electron chi connectivity index (χ4n) is 5.10. The molecule has 1 spiro atoms. The highest BCUT2D eigenvalue weighted by Crippen LogP contribution is 2.47. The Morgan fingerprint density at radius 2 is 1.86 bits per heavy atom. The minimum atomic E-state index is -0.450. The van der Waals surface area contributed by atoms with Gasteiger partial charge in [0.2, 0.25) is 11.9 Å². The zero-order valence-electron chi connectivity index (χ0n) is 16.4. The second kappa shape index (κ2) is 6.96. The van der Waals surface area contributed by atoms with Gasteiger partial charge in [-0.3, -0.25) is 4.79 Å². The van der Waals surface area contributed by atoms with Crippen molar-refractivity contribution < 1.29 is 9.53 Å². The number of nitrogen functional groups attached to an aromatic ring is 1. The van der Waals surface area contributed by atoms with Crippen molar-refractivity contribution in [1.29, 1.82) is 0 Å². The summed E-state index contributed by atoms with van der Waals surface area (Å²) in [6.07, 6.45) is 6.98. The lowest BCUT2D eigenvalue weighted by Crippen LogP contribution is -2.56. The van der Waals surface area contributed by atoms with E-state index in [0.717, 1.165) is 55.3 Å². The number of anilines is 1. The van der Waals surface area contributed by atoms with Crippen LogP contribution in [-0.4, -0.2) is 40.5 Å². The van der Waals surface area contributed by atoms with Gasteiger partial charge in [0, 0.05) is 24.3 Å². The molecule has 2 N–H and O–H groups in total. The number of hydrogen-bond acceptors (Lipinski definition) is 5. The predicted molar refractivity (Wildman–Crippen MR) is 111 cm³/mol. The molecule has 3 aliphatic rings. The van der Waals surface area contributed by atoms with Crippen LogP contribution in [0.2, 0.25) is 5.02 Å². The van der Waals surface area contributed by atoms with Crippen molar-refractivity contribution in [2.75, 3.05) is 25.4 Å². The number of hydrogen-bond donors (Lipinski definition) is 1. The van der Waals surface area contributed by atoms with Crippen LogP contribution < -0.4 is 5.73 Å². The van der Waals surface area contributed by atoms with Gasteiger partial charge in [-0.15, -0.1) is 0 Å². The van der Waals surface area contributed by atoms with E-state index in [4.69, 9.17) is 22.1 Å². The van der Waals surface area contributed by atoms with Crippen molar-refractivity contribution in [2.24, 2.45) is 0 Å². The Balaban J connectivity index is 1.37. The van der Waals surface area contributed by atoms with Crippen LogP contribution in [-0.2, 0) is 27.0 Å². The molecule has 1 aliphatic carbocycles. The van der Waals surface area contributed by atoms with Gasteiger partial charge in [-0.2, -0.15) is 0 Å². The smallest absolute Gasteiger partial charge is 0.233 e. The highest BCUT2D eigenvalue weighted by Gasteiger charge is 2.50. The number of fused-ring (bicyclic) bond motifs is 2. The third-order valence-electron chi connectivity index (χ3n) is 6.94. The number of ether oxygens (including phenoxy) is 1. The van der Waals surface area contributed by atoms with Crippen molar-refractivity contribution in [3.05, 3.63) is 52.3 Å². The van der Waals surface area contributed by atoms with Crippen LogP contribution in [0.4, 0.5) is 5.95 Å². The number of benzene rings is 1. The Hall–Kier alpha value is -2.18. The monoisotopic (exact) mass is 412 g/mol. The summed E-state index contributed by atoms with van der Waals surface area (Å²) in [5.74, 6) is 0.516. The largest absolute Gasteiger partial charge is 0.368 e. The average molecular weight is 413 g/mol. The quantitative estimate of drug-likeness (QED) is 0.818. The summed E-state index contributed by atoms with van der Waals surface area (Å²) in [6, 6.07) is 7.77. The number of halogens is 1. The van der Waals surface area contributed by atoms with Crippen LogP contribution >= 0.6 is 11.6 Å². The van der Waals surface area contributed by atoms with Crippen molar-refractivity contribution in [3.8, 4) is 0 Å². The van der Waals surface area contributed by atoms with E-state index < -0.39 is 11.0 Å². The van der Waals surface area contributed by atoms with E-state index in [-0.39, 0.29) is 11.9 Å². The Kier molecular flexibility index (Phi) is 4.51. The maximum Gasteiger partial charge on any atom is 0.233 e. The Labute approximate surface area is 175 Å². The molecule has 2 aliphatic heterocycles. The summed E-state index contributed by atoms with van der Waals surface area (Å²) >= 11 is 6.06. The van der Waals surface area contributed by atoms with Crippen molar-refractivity contribution >= 4 is 23.5 Å². The number of nitrogens with two attached hydrogens (primary N) is 1. The molecule has 2 fully saturated rings. The fourth-order valence-corrected chi connectivity index (χ4v) is 5.23. The minimum absolute atomic E-state index is 0.235. The molecule has 1 aromatic heterocycles.